The molecule has 1 heterocycles. The first-order chi connectivity index (χ1) is 7.25. The Kier molecular flexibility index (Phi) is 2.76. The Balaban J connectivity index is 1.97. The van der Waals surface area contributed by atoms with E-state index in [0.29, 0.717) is 19.1 Å². The van der Waals surface area contributed by atoms with Crippen LogP contribution < -0.4 is 11.1 Å². The number of amides is 1. The monoisotopic (exact) mass is 206 g/mol. The zero-order valence-electron chi connectivity index (χ0n) is 8.40. The second kappa shape index (κ2) is 4.21. The fourth-order valence-corrected chi connectivity index (χ4v) is 1.69. The van der Waals surface area contributed by atoms with Crippen LogP contribution in [0, 0.1) is 5.92 Å². The molecule has 0 aromatic heterocycles. The molecule has 1 amide bonds. The molecule has 1 aliphatic heterocycles. The first-order valence-corrected chi connectivity index (χ1v) is 4.99. The van der Waals surface area contributed by atoms with E-state index in [1.165, 1.54) is 0 Å². The van der Waals surface area contributed by atoms with E-state index in [1.807, 2.05) is 24.3 Å². The maximum absolute atomic E-state index is 10.8. The molecule has 80 valence electrons. The quantitative estimate of drug-likeness (QED) is 0.714. The third-order valence-corrected chi connectivity index (χ3v) is 2.55. The lowest BCUT2D eigenvalue weighted by atomic mass is 9.98. The summed E-state index contributed by atoms with van der Waals surface area (Å²) in [5, 5.41) is 2.67. The van der Waals surface area contributed by atoms with Crippen molar-refractivity contribution in [2.24, 2.45) is 5.92 Å². The Morgan fingerprint density at radius 2 is 2.27 bits per heavy atom. The van der Waals surface area contributed by atoms with Crippen molar-refractivity contribution in [3.05, 3.63) is 29.8 Å². The Morgan fingerprint density at radius 3 is 2.93 bits per heavy atom. The van der Waals surface area contributed by atoms with Gasteiger partial charge in [-0.25, -0.2) is 4.79 Å². The van der Waals surface area contributed by atoms with Crippen LogP contribution in [0.1, 0.15) is 5.56 Å². The molecule has 0 aliphatic carbocycles. The highest BCUT2D eigenvalue weighted by molar-refractivity contribution is 5.67. The molecule has 4 heteroatoms. The van der Waals surface area contributed by atoms with Crippen LogP contribution in [0.4, 0.5) is 10.5 Å². The van der Waals surface area contributed by atoms with Gasteiger partial charge in [-0.1, -0.05) is 18.2 Å². The predicted molar refractivity (Wildman–Crippen MR) is 57.4 cm³/mol. The maximum atomic E-state index is 10.8. The molecular formula is C11H14N2O2. The molecule has 1 fully saturated rings. The summed E-state index contributed by atoms with van der Waals surface area (Å²) in [7, 11) is 0. The third-order valence-electron chi connectivity index (χ3n) is 2.55. The minimum atomic E-state index is -0.327. The zero-order chi connectivity index (χ0) is 10.7. The first-order valence-electron chi connectivity index (χ1n) is 4.99. The normalized spacial score (nSPS) is 20.5. The number of benzene rings is 1. The average molecular weight is 206 g/mol. The first kappa shape index (κ1) is 9.83. The Labute approximate surface area is 88.4 Å². The number of anilines is 1. The van der Waals surface area contributed by atoms with E-state index >= 15 is 0 Å². The van der Waals surface area contributed by atoms with Crippen LogP contribution in [0.15, 0.2) is 24.3 Å². The highest BCUT2D eigenvalue weighted by atomic mass is 16.6. The van der Waals surface area contributed by atoms with Gasteiger partial charge in [0.05, 0.1) is 6.61 Å². The predicted octanol–water partition coefficient (Wildman–Crippen LogP) is 1.17. The van der Waals surface area contributed by atoms with E-state index in [0.717, 1.165) is 17.7 Å². The molecule has 1 aromatic rings. The van der Waals surface area contributed by atoms with E-state index in [2.05, 4.69) is 5.32 Å². The minimum absolute atomic E-state index is 0.312. The number of nitrogen functional groups attached to an aromatic ring is 1. The fourth-order valence-electron chi connectivity index (χ4n) is 1.69. The summed E-state index contributed by atoms with van der Waals surface area (Å²) in [4.78, 5) is 10.8. The molecule has 0 unspecified atom stereocenters. The molecule has 1 aromatic carbocycles. The van der Waals surface area contributed by atoms with Gasteiger partial charge in [-0.2, -0.15) is 0 Å². The number of hydrogen-bond acceptors (Lipinski definition) is 3. The number of alkyl carbamates (subject to hydrolysis) is 1. The maximum Gasteiger partial charge on any atom is 0.407 e. The lowest BCUT2D eigenvalue weighted by Crippen LogP contribution is -2.39. The summed E-state index contributed by atoms with van der Waals surface area (Å²) >= 11 is 0. The van der Waals surface area contributed by atoms with Crippen LogP contribution in [0.25, 0.3) is 0 Å². The van der Waals surface area contributed by atoms with Crippen molar-refractivity contribution in [2.75, 3.05) is 18.9 Å². The molecule has 0 radical (unpaired) electrons. The lowest BCUT2D eigenvalue weighted by molar-refractivity contribution is 0.103. The van der Waals surface area contributed by atoms with Crippen molar-refractivity contribution in [3.63, 3.8) is 0 Å². The van der Waals surface area contributed by atoms with E-state index in [4.69, 9.17) is 10.5 Å². The number of cyclic esters (lactones) is 1. The van der Waals surface area contributed by atoms with Gasteiger partial charge in [-0.3, -0.25) is 0 Å². The van der Waals surface area contributed by atoms with Gasteiger partial charge in [0.25, 0.3) is 0 Å². The second-order valence-electron chi connectivity index (χ2n) is 3.75. The van der Waals surface area contributed by atoms with Gasteiger partial charge in [0.2, 0.25) is 0 Å². The standard InChI is InChI=1S/C11H14N2O2/c12-10-4-2-1-3-9(10)5-8-6-13-11(14)15-7-8/h1-4,8H,5-7,12H2,(H,13,14)/t8-/m0/s1. The van der Waals surface area contributed by atoms with E-state index in [1.54, 1.807) is 0 Å². The van der Waals surface area contributed by atoms with Crippen molar-refractivity contribution in [3.8, 4) is 0 Å². The molecule has 0 spiro atoms. The fraction of sp³-hybridized carbons (Fsp3) is 0.364. The third kappa shape index (κ3) is 2.40. The number of rotatable bonds is 2. The van der Waals surface area contributed by atoms with Crippen molar-refractivity contribution >= 4 is 11.8 Å². The van der Waals surface area contributed by atoms with E-state index in [-0.39, 0.29) is 6.09 Å². The minimum Gasteiger partial charge on any atom is -0.449 e. The van der Waals surface area contributed by atoms with Crippen LogP contribution in [-0.2, 0) is 11.2 Å². The van der Waals surface area contributed by atoms with Crippen LogP contribution in [0.5, 0.6) is 0 Å². The summed E-state index contributed by atoms with van der Waals surface area (Å²) in [6.07, 6.45) is 0.514. The SMILES string of the molecule is Nc1ccccc1C[C@H]1CNC(=O)OC1. The van der Waals surface area contributed by atoms with Crippen molar-refractivity contribution in [1.82, 2.24) is 5.32 Å². The smallest absolute Gasteiger partial charge is 0.407 e. The molecule has 2 rings (SSSR count). The molecule has 4 nitrogen and oxygen atoms in total. The molecular weight excluding hydrogens is 192 g/mol. The molecule has 1 atom stereocenters. The van der Waals surface area contributed by atoms with Gasteiger partial charge in [-0.05, 0) is 18.1 Å². The summed E-state index contributed by atoms with van der Waals surface area (Å²) < 4.78 is 4.91. The van der Waals surface area contributed by atoms with Gasteiger partial charge in [-0.15, -0.1) is 0 Å². The van der Waals surface area contributed by atoms with Gasteiger partial charge in [0.15, 0.2) is 0 Å². The highest BCUT2D eigenvalue weighted by Gasteiger charge is 2.19. The largest absolute Gasteiger partial charge is 0.449 e. The average Bonchev–Trinajstić information content (AvgIpc) is 2.25. The lowest BCUT2D eigenvalue weighted by Gasteiger charge is -2.23. The Morgan fingerprint density at radius 1 is 1.47 bits per heavy atom. The molecule has 0 saturated carbocycles. The number of carbonyl (C=O) groups is 1. The summed E-state index contributed by atoms with van der Waals surface area (Å²) in [5.41, 5.74) is 7.75. The van der Waals surface area contributed by atoms with Crippen molar-refractivity contribution < 1.29 is 9.53 Å². The number of nitrogens with one attached hydrogen (secondary N) is 1. The van der Waals surface area contributed by atoms with Crippen molar-refractivity contribution in [2.45, 2.75) is 6.42 Å². The molecule has 15 heavy (non-hydrogen) atoms. The van der Waals surface area contributed by atoms with Gasteiger partial charge >= 0.3 is 6.09 Å². The Hall–Kier alpha value is -1.71. The van der Waals surface area contributed by atoms with Gasteiger partial charge in [0, 0.05) is 18.2 Å². The topological polar surface area (TPSA) is 64.3 Å². The van der Waals surface area contributed by atoms with Crippen LogP contribution in [-0.4, -0.2) is 19.2 Å². The number of nitrogens with two attached hydrogens (primary N) is 1. The molecule has 3 N–H and O–H groups in total. The van der Waals surface area contributed by atoms with Crippen LogP contribution in [0.3, 0.4) is 0 Å². The molecule has 1 aliphatic rings. The van der Waals surface area contributed by atoms with Gasteiger partial charge in [0.1, 0.15) is 0 Å². The van der Waals surface area contributed by atoms with E-state index < -0.39 is 0 Å². The van der Waals surface area contributed by atoms with Crippen LogP contribution >= 0.6 is 0 Å². The summed E-state index contributed by atoms with van der Waals surface area (Å²) in [6, 6.07) is 7.77. The molecule has 1 saturated heterocycles. The zero-order valence-corrected chi connectivity index (χ0v) is 8.40. The highest BCUT2D eigenvalue weighted by Crippen LogP contribution is 2.17. The number of para-hydroxylation sites is 1. The van der Waals surface area contributed by atoms with Gasteiger partial charge < -0.3 is 15.8 Å². The summed E-state index contributed by atoms with van der Waals surface area (Å²) in [6.45, 7) is 1.13. The number of carbonyl (C=O) groups excluding carboxylic acids is 1. The van der Waals surface area contributed by atoms with E-state index in [9.17, 15) is 4.79 Å². The second-order valence-corrected chi connectivity index (χ2v) is 3.75. The van der Waals surface area contributed by atoms with Crippen LogP contribution in [0.2, 0.25) is 0 Å². The summed E-state index contributed by atoms with van der Waals surface area (Å²) in [5.74, 6) is 0.312. The Bertz CT molecular complexity index is 355. The molecule has 0 bridgehead atoms. The van der Waals surface area contributed by atoms with Crippen molar-refractivity contribution in [1.29, 1.82) is 0 Å². The number of ether oxygens (including phenoxy) is 1. The number of hydrogen-bond donors (Lipinski definition) is 2.